The highest BCUT2D eigenvalue weighted by Crippen LogP contribution is 2.23. The van der Waals surface area contributed by atoms with Crippen LogP contribution >= 0.6 is 0 Å². The Hall–Kier alpha value is -1.81. The lowest BCUT2D eigenvalue weighted by atomic mass is 10.1. The van der Waals surface area contributed by atoms with Crippen molar-refractivity contribution in [3.8, 4) is 5.75 Å². The second kappa shape index (κ2) is 5.89. The summed E-state index contributed by atoms with van der Waals surface area (Å²) < 4.78 is 5.21. The highest BCUT2D eigenvalue weighted by atomic mass is 16.5. The number of ether oxygens (including phenoxy) is 1. The van der Waals surface area contributed by atoms with Crippen molar-refractivity contribution < 1.29 is 14.6 Å². The molecule has 1 heterocycles. The summed E-state index contributed by atoms with van der Waals surface area (Å²) in [6.45, 7) is 6.22. The van der Waals surface area contributed by atoms with E-state index in [1.807, 2.05) is 26.0 Å². The lowest BCUT2D eigenvalue weighted by Crippen LogP contribution is -2.39. The number of morpholine rings is 1. The van der Waals surface area contributed by atoms with Gasteiger partial charge >= 0.3 is 0 Å². The second-order valence-corrected chi connectivity index (χ2v) is 4.77. The first-order valence-electron chi connectivity index (χ1n) is 6.43. The number of aromatic hydroxyl groups is 1. The van der Waals surface area contributed by atoms with Crippen molar-refractivity contribution >= 4 is 12.0 Å². The summed E-state index contributed by atoms with van der Waals surface area (Å²) in [4.78, 5) is 13.7. The maximum Gasteiger partial charge on any atom is 0.246 e. The van der Waals surface area contributed by atoms with Gasteiger partial charge in [0.2, 0.25) is 5.91 Å². The highest BCUT2D eigenvalue weighted by Gasteiger charge is 2.13. The summed E-state index contributed by atoms with van der Waals surface area (Å²) in [6, 6.07) is 3.73. The Morgan fingerprint density at radius 1 is 1.26 bits per heavy atom. The Kier molecular flexibility index (Phi) is 4.22. The lowest BCUT2D eigenvalue weighted by molar-refractivity contribution is -0.129. The largest absolute Gasteiger partial charge is 0.507 e. The number of nitrogens with zero attached hydrogens (tertiary/aromatic N) is 1. The molecule has 1 saturated heterocycles. The van der Waals surface area contributed by atoms with Crippen LogP contribution in [-0.2, 0) is 9.53 Å². The van der Waals surface area contributed by atoms with Crippen LogP contribution in [0.3, 0.4) is 0 Å². The third-order valence-electron chi connectivity index (χ3n) is 3.25. The number of hydrogen-bond donors (Lipinski definition) is 1. The molecule has 0 aromatic heterocycles. The van der Waals surface area contributed by atoms with Gasteiger partial charge in [-0.15, -0.1) is 0 Å². The van der Waals surface area contributed by atoms with E-state index in [-0.39, 0.29) is 5.91 Å². The van der Waals surface area contributed by atoms with Crippen LogP contribution < -0.4 is 0 Å². The van der Waals surface area contributed by atoms with Gasteiger partial charge in [-0.25, -0.2) is 0 Å². The van der Waals surface area contributed by atoms with E-state index in [1.54, 1.807) is 17.1 Å². The van der Waals surface area contributed by atoms with Crippen LogP contribution in [0.2, 0.25) is 0 Å². The molecule has 0 radical (unpaired) electrons. The van der Waals surface area contributed by atoms with Crippen LogP contribution in [0.25, 0.3) is 6.08 Å². The minimum atomic E-state index is 0.00619. The van der Waals surface area contributed by atoms with E-state index in [4.69, 9.17) is 4.74 Å². The van der Waals surface area contributed by atoms with E-state index in [2.05, 4.69) is 0 Å². The van der Waals surface area contributed by atoms with Crippen molar-refractivity contribution in [1.82, 2.24) is 4.90 Å². The van der Waals surface area contributed by atoms with Gasteiger partial charge in [0.1, 0.15) is 5.75 Å². The van der Waals surface area contributed by atoms with Gasteiger partial charge in [-0.2, -0.15) is 0 Å². The molecule has 2 rings (SSSR count). The zero-order chi connectivity index (χ0) is 13.8. The van der Waals surface area contributed by atoms with E-state index in [9.17, 15) is 9.90 Å². The average molecular weight is 261 g/mol. The SMILES string of the molecule is Cc1cc(/C=C/C(=O)N2CCOCC2)cc(C)c1O. The summed E-state index contributed by atoms with van der Waals surface area (Å²) in [6.07, 6.45) is 3.37. The molecule has 1 aromatic rings. The van der Waals surface area contributed by atoms with Crippen LogP contribution in [0.1, 0.15) is 16.7 Å². The number of hydrogen-bond acceptors (Lipinski definition) is 3. The summed E-state index contributed by atoms with van der Waals surface area (Å²) in [5.74, 6) is 0.323. The molecule has 4 heteroatoms. The minimum absolute atomic E-state index is 0.00619. The number of carbonyl (C=O) groups is 1. The van der Waals surface area contributed by atoms with Gasteiger partial charge in [-0.05, 0) is 48.7 Å². The van der Waals surface area contributed by atoms with Crippen molar-refractivity contribution in [3.05, 3.63) is 34.9 Å². The topological polar surface area (TPSA) is 49.8 Å². The van der Waals surface area contributed by atoms with Gasteiger partial charge < -0.3 is 14.7 Å². The van der Waals surface area contributed by atoms with Gasteiger partial charge in [0, 0.05) is 19.2 Å². The predicted octanol–water partition coefficient (Wildman–Crippen LogP) is 1.88. The zero-order valence-corrected chi connectivity index (χ0v) is 11.3. The van der Waals surface area contributed by atoms with E-state index >= 15 is 0 Å². The molecule has 0 atom stereocenters. The molecule has 102 valence electrons. The number of phenols is 1. The molecule has 19 heavy (non-hydrogen) atoms. The third kappa shape index (κ3) is 3.35. The standard InChI is InChI=1S/C15H19NO3/c1-11-9-13(10-12(2)15(11)18)3-4-14(17)16-5-7-19-8-6-16/h3-4,9-10,18H,5-8H2,1-2H3/b4-3+. The molecule has 1 aliphatic rings. The van der Waals surface area contributed by atoms with E-state index in [0.717, 1.165) is 16.7 Å². The van der Waals surface area contributed by atoms with Crippen molar-refractivity contribution in [1.29, 1.82) is 0 Å². The molecule has 4 nitrogen and oxygen atoms in total. The fraction of sp³-hybridized carbons (Fsp3) is 0.400. The number of rotatable bonds is 2. The van der Waals surface area contributed by atoms with Crippen LogP contribution in [0.15, 0.2) is 18.2 Å². The molecular formula is C15H19NO3. The molecule has 0 spiro atoms. The smallest absolute Gasteiger partial charge is 0.246 e. The second-order valence-electron chi connectivity index (χ2n) is 4.77. The quantitative estimate of drug-likeness (QED) is 0.827. The van der Waals surface area contributed by atoms with Crippen LogP contribution in [-0.4, -0.2) is 42.2 Å². The maximum atomic E-state index is 11.9. The number of phenolic OH excluding ortho intramolecular Hbond substituents is 1. The zero-order valence-electron chi connectivity index (χ0n) is 11.3. The van der Waals surface area contributed by atoms with Gasteiger partial charge in [0.05, 0.1) is 13.2 Å². The number of amides is 1. The van der Waals surface area contributed by atoms with Crippen molar-refractivity contribution in [3.63, 3.8) is 0 Å². The average Bonchev–Trinajstić information content (AvgIpc) is 2.43. The Balaban J connectivity index is 2.07. The molecule has 0 aliphatic carbocycles. The molecule has 1 aromatic carbocycles. The van der Waals surface area contributed by atoms with Crippen LogP contribution in [0.4, 0.5) is 0 Å². The van der Waals surface area contributed by atoms with Crippen molar-refractivity contribution in [2.24, 2.45) is 0 Å². The summed E-state index contributed by atoms with van der Waals surface area (Å²) in [5, 5.41) is 9.70. The molecule has 1 amide bonds. The first-order chi connectivity index (χ1) is 9.08. The van der Waals surface area contributed by atoms with E-state index in [0.29, 0.717) is 32.1 Å². The normalized spacial score (nSPS) is 16.0. The van der Waals surface area contributed by atoms with Crippen LogP contribution in [0, 0.1) is 13.8 Å². The van der Waals surface area contributed by atoms with Gasteiger partial charge in [-0.1, -0.05) is 0 Å². The maximum absolute atomic E-state index is 11.9. The fourth-order valence-electron chi connectivity index (χ4n) is 2.14. The summed E-state index contributed by atoms with van der Waals surface area (Å²) in [5.41, 5.74) is 2.56. The number of aryl methyl sites for hydroxylation is 2. The van der Waals surface area contributed by atoms with Crippen LogP contribution in [0.5, 0.6) is 5.75 Å². The summed E-state index contributed by atoms with van der Waals surface area (Å²) >= 11 is 0. The predicted molar refractivity (Wildman–Crippen MR) is 74.0 cm³/mol. The first kappa shape index (κ1) is 13.6. The molecular weight excluding hydrogens is 242 g/mol. The molecule has 0 bridgehead atoms. The Bertz CT molecular complexity index is 479. The van der Waals surface area contributed by atoms with E-state index < -0.39 is 0 Å². The lowest BCUT2D eigenvalue weighted by Gasteiger charge is -2.25. The minimum Gasteiger partial charge on any atom is -0.507 e. The van der Waals surface area contributed by atoms with Gasteiger partial charge in [0.15, 0.2) is 0 Å². The van der Waals surface area contributed by atoms with E-state index in [1.165, 1.54) is 0 Å². The Morgan fingerprint density at radius 2 is 1.84 bits per heavy atom. The molecule has 0 saturated carbocycles. The molecule has 0 unspecified atom stereocenters. The monoisotopic (exact) mass is 261 g/mol. The van der Waals surface area contributed by atoms with Crippen molar-refractivity contribution in [2.75, 3.05) is 26.3 Å². The fourth-order valence-corrected chi connectivity index (χ4v) is 2.14. The number of benzene rings is 1. The van der Waals surface area contributed by atoms with Gasteiger partial charge in [-0.3, -0.25) is 4.79 Å². The molecule has 1 aliphatic heterocycles. The Labute approximate surface area is 113 Å². The highest BCUT2D eigenvalue weighted by molar-refractivity contribution is 5.91. The number of carbonyl (C=O) groups excluding carboxylic acids is 1. The third-order valence-corrected chi connectivity index (χ3v) is 3.25. The first-order valence-corrected chi connectivity index (χ1v) is 6.43. The Morgan fingerprint density at radius 3 is 2.42 bits per heavy atom. The van der Waals surface area contributed by atoms with Gasteiger partial charge in [0.25, 0.3) is 0 Å². The molecule has 1 N–H and O–H groups in total. The molecule has 1 fully saturated rings. The summed E-state index contributed by atoms with van der Waals surface area (Å²) in [7, 11) is 0. The van der Waals surface area contributed by atoms with Crippen molar-refractivity contribution in [2.45, 2.75) is 13.8 Å².